The third kappa shape index (κ3) is 3.21. The number of nitrogens with zero attached hydrogens (tertiary/aromatic N) is 1. The lowest BCUT2D eigenvalue weighted by Crippen LogP contribution is -2.00. The topological polar surface area (TPSA) is 57.4 Å². The molecule has 0 bridgehead atoms. The van der Waals surface area contributed by atoms with E-state index in [-0.39, 0.29) is 0 Å². The Bertz CT molecular complexity index is 478. The molecule has 0 saturated carbocycles. The lowest BCUT2D eigenvalue weighted by molar-refractivity contribution is 0.303. The van der Waals surface area contributed by atoms with Crippen LogP contribution < -0.4 is 15.2 Å². The van der Waals surface area contributed by atoms with E-state index in [0.29, 0.717) is 13.2 Å². The molecular formula is C14H16N2O2. The molecule has 0 aliphatic heterocycles. The van der Waals surface area contributed by atoms with Gasteiger partial charge in [0.2, 0.25) is 0 Å². The van der Waals surface area contributed by atoms with Crippen LogP contribution in [0.3, 0.4) is 0 Å². The summed E-state index contributed by atoms with van der Waals surface area (Å²) >= 11 is 0. The molecule has 94 valence electrons. The van der Waals surface area contributed by atoms with Crippen LogP contribution in [0.5, 0.6) is 11.5 Å². The van der Waals surface area contributed by atoms with Crippen molar-refractivity contribution in [1.82, 2.24) is 4.98 Å². The average molecular weight is 244 g/mol. The van der Waals surface area contributed by atoms with E-state index >= 15 is 0 Å². The van der Waals surface area contributed by atoms with Crippen molar-refractivity contribution in [2.75, 3.05) is 7.11 Å². The molecule has 1 heterocycles. The van der Waals surface area contributed by atoms with E-state index in [4.69, 9.17) is 15.2 Å². The summed E-state index contributed by atoms with van der Waals surface area (Å²) in [6.45, 7) is 0.936. The van der Waals surface area contributed by atoms with Crippen LogP contribution in [0.2, 0.25) is 0 Å². The van der Waals surface area contributed by atoms with E-state index in [0.717, 1.165) is 22.6 Å². The predicted octanol–water partition coefficient (Wildman–Crippen LogP) is 2.13. The lowest BCUT2D eigenvalue weighted by Gasteiger charge is -2.10. The Labute approximate surface area is 106 Å². The van der Waals surface area contributed by atoms with Crippen LogP contribution in [0.4, 0.5) is 0 Å². The van der Waals surface area contributed by atoms with Crippen molar-refractivity contribution in [3.05, 3.63) is 53.9 Å². The molecule has 4 nitrogen and oxygen atoms in total. The number of nitrogens with two attached hydrogens (primary N) is 1. The summed E-state index contributed by atoms with van der Waals surface area (Å²) in [5.41, 5.74) is 7.63. The maximum atomic E-state index is 5.70. The second kappa shape index (κ2) is 6.02. The summed E-state index contributed by atoms with van der Waals surface area (Å²) in [7, 11) is 1.63. The molecule has 0 atom stereocenters. The molecule has 0 aliphatic rings. The van der Waals surface area contributed by atoms with Gasteiger partial charge in [0.05, 0.1) is 7.11 Å². The molecule has 0 amide bonds. The molecular weight excluding hydrogens is 228 g/mol. The van der Waals surface area contributed by atoms with E-state index < -0.39 is 0 Å². The number of methoxy groups -OCH3 is 1. The zero-order chi connectivity index (χ0) is 12.8. The van der Waals surface area contributed by atoms with Crippen molar-refractivity contribution in [2.24, 2.45) is 5.73 Å². The van der Waals surface area contributed by atoms with Crippen LogP contribution in [0.15, 0.2) is 42.7 Å². The molecule has 0 unspecified atom stereocenters. The van der Waals surface area contributed by atoms with Crippen molar-refractivity contribution in [3.8, 4) is 11.5 Å². The van der Waals surface area contributed by atoms with Gasteiger partial charge in [-0.3, -0.25) is 4.98 Å². The Hall–Kier alpha value is -2.07. The maximum Gasteiger partial charge on any atom is 0.123 e. The predicted molar refractivity (Wildman–Crippen MR) is 69.5 cm³/mol. The van der Waals surface area contributed by atoms with E-state index in [2.05, 4.69) is 4.98 Å². The zero-order valence-corrected chi connectivity index (χ0v) is 10.3. The minimum atomic E-state index is 0.459. The van der Waals surface area contributed by atoms with Crippen LogP contribution in [0.1, 0.15) is 11.1 Å². The summed E-state index contributed by atoms with van der Waals surface area (Å²) in [6, 6.07) is 9.51. The Kier molecular flexibility index (Phi) is 4.15. The van der Waals surface area contributed by atoms with E-state index in [1.807, 2.05) is 30.3 Å². The van der Waals surface area contributed by atoms with Crippen LogP contribution in [-0.4, -0.2) is 12.1 Å². The number of hydrogen-bond donors (Lipinski definition) is 1. The fraction of sp³-hybridized carbons (Fsp3) is 0.214. The summed E-state index contributed by atoms with van der Waals surface area (Å²) in [5, 5.41) is 0. The summed E-state index contributed by atoms with van der Waals surface area (Å²) in [6.07, 6.45) is 3.52. The van der Waals surface area contributed by atoms with Crippen LogP contribution in [-0.2, 0) is 13.2 Å². The molecule has 1 aromatic heterocycles. The highest BCUT2D eigenvalue weighted by atomic mass is 16.5. The monoisotopic (exact) mass is 244 g/mol. The quantitative estimate of drug-likeness (QED) is 0.875. The van der Waals surface area contributed by atoms with Gasteiger partial charge in [-0.2, -0.15) is 0 Å². The molecule has 2 aromatic rings. The number of aromatic nitrogens is 1. The van der Waals surface area contributed by atoms with Gasteiger partial charge in [0, 0.05) is 30.6 Å². The molecule has 18 heavy (non-hydrogen) atoms. The number of hydrogen-bond acceptors (Lipinski definition) is 4. The molecule has 0 saturated heterocycles. The Morgan fingerprint density at radius 3 is 2.67 bits per heavy atom. The minimum Gasteiger partial charge on any atom is -0.497 e. The average Bonchev–Trinajstić information content (AvgIpc) is 2.45. The van der Waals surface area contributed by atoms with E-state index in [1.165, 1.54) is 0 Å². The van der Waals surface area contributed by atoms with Crippen LogP contribution in [0, 0.1) is 0 Å². The third-order valence-electron chi connectivity index (χ3n) is 2.54. The number of benzene rings is 1. The Morgan fingerprint density at radius 2 is 2.00 bits per heavy atom. The largest absolute Gasteiger partial charge is 0.497 e. The number of ether oxygens (including phenoxy) is 2. The van der Waals surface area contributed by atoms with Gasteiger partial charge < -0.3 is 15.2 Å². The van der Waals surface area contributed by atoms with Gasteiger partial charge in [-0.25, -0.2) is 0 Å². The van der Waals surface area contributed by atoms with Crippen molar-refractivity contribution < 1.29 is 9.47 Å². The highest BCUT2D eigenvalue weighted by Crippen LogP contribution is 2.23. The normalized spacial score (nSPS) is 10.1. The minimum absolute atomic E-state index is 0.459. The highest BCUT2D eigenvalue weighted by Gasteiger charge is 2.02. The van der Waals surface area contributed by atoms with Crippen LogP contribution in [0.25, 0.3) is 0 Å². The maximum absolute atomic E-state index is 5.70. The summed E-state index contributed by atoms with van der Waals surface area (Å²) in [5.74, 6) is 1.50. The lowest BCUT2D eigenvalue weighted by atomic mass is 10.2. The van der Waals surface area contributed by atoms with E-state index in [1.54, 1.807) is 19.5 Å². The van der Waals surface area contributed by atoms with Crippen molar-refractivity contribution in [3.63, 3.8) is 0 Å². The summed E-state index contributed by atoms with van der Waals surface area (Å²) < 4.78 is 10.9. The Balaban J connectivity index is 2.09. The standard InChI is InChI=1S/C14H16N2O2/c1-17-13-5-12(8-15)6-14(7-13)18-10-11-3-2-4-16-9-11/h2-7,9H,8,10,15H2,1H3. The van der Waals surface area contributed by atoms with Gasteiger partial charge in [0.15, 0.2) is 0 Å². The van der Waals surface area contributed by atoms with Crippen molar-refractivity contribution in [1.29, 1.82) is 0 Å². The first-order valence-corrected chi connectivity index (χ1v) is 5.71. The smallest absolute Gasteiger partial charge is 0.123 e. The first kappa shape index (κ1) is 12.4. The first-order chi connectivity index (χ1) is 8.81. The molecule has 2 rings (SSSR count). The highest BCUT2D eigenvalue weighted by molar-refractivity contribution is 5.38. The number of pyridine rings is 1. The van der Waals surface area contributed by atoms with Gasteiger partial charge >= 0.3 is 0 Å². The first-order valence-electron chi connectivity index (χ1n) is 5.71. The molecule has 0 radical (unpaired) electrons. The Morgan fingerprint density at radius 1 is 1.17 bits per heavy atom. The van der Waals surface area contributed by atoms with Crippen LogP contribution >= 0.6 is 0 Å². The third-order valence-corrected chi connectivity index (χ3v) is 2.54. The van der Waals surface area contributed by atoms with Gasteiger partial charge in [-0.1, -0.05) is 6.07 Å². The molecule has 0 fully saturated rings. The SMILES string of the molecule is COc1cc(CN)cc(OCc2cccnc2)c1. The van der Waals surface area contributed by atoms with E-state index in [9.17, 15) is 0 Å². The molecule has 0 spiro atoms. The fourth-order valence-corrected chi connectivity index (χ4v) is 1.60. The van der Waals surface area contributed by atoms with Gasteiger partial charge in [0.25, 0.3) is 0 Å². The van der Waals surface area contributed by atoms with Crippen molar-refractivity contribution in [2.45, 2.75) is 13.2 Å². The fourth-order valence-electron chi connectivity index (χ4n) is 1.60. The molecule has 2 N–H and O–H groups in total. The zero-order valence-electron chi connectivity index (χ0n) is 10.3. The molecule has 4 heteroatoms. The number of rotatable bonds is 5. The van der Waals surface area contributed by atoms with Gasteiger partial charge in [0.1, 0.15) is 18.1 Å². The molecule has 1 aromatic carbocycles. The second-order valence-electron chi connectivity index (χ2n) is 3.87. The molecule has 0 aliphatic carbocycles. The van der Waals surface area contributed by atoms with Gasteiger partial charge in [-0.05, 0) is 23.8 Å². The van der Waals surface area contributed by atoms with Gasteiger partial charge in [-0.15, -0.1) is 0 Å². The summed E-state index contributed by atoms with van der Waals surface area (Å²) in [4.78, 5) is 4.04. The van der Waals surface area contributed by atoms with Crippen molar-refractivity contribution >= 4 is 0 Å². The second-order valence-corrected chi connectivity index (χ2v) is 3.87.